The number of hydrogen-bond donors (Lipinski definition) is 4. The molecule has 0 saturated carbocycles. The predicted molar refractivity (Wildman–Crippen MR) is 107 cm³/mol. The summed E-state index contributed by atoms with van der Waals surface area (Å²) in [6, 6.07) is -1.12. The van der Waals surface area contributed by atoms with Crippen molar-refractivity contribution in [3.8, 4) is 0 Å². The van der Waals surface area contributed by atoms with Crippen molar-refractivity contribution in [2.24, 2.45) is 0 Å². The van der Waals surface area contributed by atoms with Crippen LogP contribution in [0.5, 0.6) is 0 Å². The van der Waals surface area contributed by atoms with Crippen LogP contribution in [0.3, 0.4) is 0 Å². The number of halogens is 1. The molecule has 8 atom stereocenters. The van der Waals surface area contributed by atoms with E-state index in [-0.39, 0.29) is 5.91 Å². The van der Waals surface area contributed by atoms with Crippen LogP contribution in [0.2, 0.25) is 0 Å². The highest BCUT2D eigenvalue weighted by molar-refractivity contribution is 7.99. The quantitative estimate of drug-likeness (QED) is 0.346. The van der Waals surface area contributed by atoms with E-state index in [1.165, 1.54) is 17.3 Å². The van der Waals surface area contributed by atoms with E-state index in [2.05, 4.69) is 12.2 Å². The first-order chi connectivity index (χ1) is 12.7. The fourth-order valence-electron chi connectivity index (χ4n) is 3.65. The van der Waals surface area contributed by atoms with Crippen LogP contribution in [0.4, 0.5) is 0 Å². The number of aliphatic hydroxyl groups is 3. The molecule has 2 heterocycles. The maximum absolute atomic E-state index is 12.9. The summed E-state index contributed by atoms with van der Waals surface area (Å²) in [5.41, 5.74) is 0.513. The zero-order valence-corrected chi connectivity index (χ0v) is 17.8. The number of nitrogens with zero attached hydrogens (tertiary/aromatic N) is 1. The van der Waals surface area contributed by atoms with E-state index in [1.54, 1.807) is 13.2 Å². The normalized spacial score (nSPS) is 37.0. The lowest BCUT2D eigenvalue weighted by atomic mass is 9.93. The highest BCUT2D eigenvalue weighted by atomic mass is 35.5. The van der Waals surface area contributed by atoms with Crippen molar-refractivity contribution >= 4 is 29.3 Å². The molecule has 0 aromatic heterocycles. The summed E-state index contributed by atoms with van der Waals surface area (Å²) in [6.07, 6.45) is 0.804. The fraction of sp³-hybridized carbons (Fsp3) is 0.833. The predicted octanol–water partition coefficient (Wildman–Crippen LogP) is 0.310. The van der Waals surface area contributed by atoms with E-state index in [0.29, 0.717) is 0 Å². The van der Waals surface area contributed by atoms with Crippen LogP contribution in [0, 0.1) is 0 Å². The molecule has 4 unspecified atom stereocenters. The number of carbonyl (C=O) groups is 1. The zero-order valence-electron chi connectivity index (χ0n) is 16.2. The van der Waals surface area contributed by atoms with E-state index in [1.807, 2.05) is 18.0 Å². The van der Waals surface area contributed by atoms with Gasteiger partial charge in [0.2, 0.25) is 5.91 Å². The van der Waals surface area contributed by atoms with Crippen molar-refractivity contribution in [3.63, 3.8) is 0 Å². The highest BCUT2D eigenvalue weighted by Crippen LogP contribution is 2.30. The summed E-state index contributed by atoms with van der Waals surface area (Å²) >= 11 is 7.52. The van der Waals surface area contributed by atoms with Gasteiger partial charge in [0.05, 0.1) is 11.4 Å². The molecule has 0 aromatic carbocycles. The Labute approximate surface area is 170 Å². The fourth-order valence-corrected chi connectivity index (χ4v) is 4.54. The van der Waals surface area contributed by atoms with Crippen LogP contribution in [0.15, 0.2) is 11.6 Å². The minimum Gasteiger partial charge on any atom is -0.388 e. The third-order valence-corrected chi connectivity index (χ3v) is 6.28. The van der Waals surface area contributed by atoms with Gasteiger partial charge in [0.15, 0.2) is 0 Å². The van der Waals surface area contributed by atoms with Gasteiger partial charge in [0.1, 0.15) is 35.9 Å². The number of carbonyl (C=O) groups excluding carboxylic acids is 1. The van der Waals surface area contributed by atoms with E-state index < -0.39 is 47.3 Å². The molecule has 1 amide bonds. The van der Waals surface area contributed by atoms with Crippen LogP contribution < -0.4 is 5.32 Å². The van der Waals surface area contributed by atoms with Crippen LogP contribution in [-0.2, 0) is 9.53 Å². The minimum atomic E-state index is -1.37. The van der Waals surface area contributed by atoms with Crippen molar-refractivity contribution in [3.05, 3.63) is 11.6 Å². The number of likely N-dealkylation sites (N-methyl/N-ethyl adjacent to an activating group) is 1. The Balaban J connectivity index is 2.14. The van der Waals surface area contributed by atoms with Gasteiger partial charge in [-0.2, -0.15) is 0 Å². The smallest absolute Gasteiger partial charge is 0.241 e. The average Bonchev–Trinajstić information content (AvgIpc) is 2.99. The first-order valence-electron chi connectivity index (χ1n) is 9.27. The molecule has 0 radical (unpaired) electrons. The van der Waals surface area contributed by atoms with Gasteiger partial charge in [-0.3, -0.25) is 9.69 Å². The number of nitrogens with one attached hydrogen (secondary N) is 1. The van der Waals surface area contributed by atoms with Gasteiger partial charge in [-0.15, -0.1) is 23.4 Å². The van der Waals surface area contributed by atoms with Crippen molar-refractivity contribution in [2.45, 2.75) is 74.0 Å². The number of aliphatic hydroxyl groups excluding tert-OH is 3. The van der Waals surface area contributed by atoms with E-state index in [9.17, 15) is 20.1 Å². The van der Waals surface area contributed by atoms with Gasteiger partial charge in [-0.25, -0.2) is 0 Å². The molecule has 156 valence electrons. The van der Waals surface area contributed by atoms with Crippen LogP contribution >= 0.6 is 23.4 Å². The van der Waals surface area contributed by atoms with Crippen molar-refractivity contribution in [2.75, 3.05) is 19.8 Å². The average molecular weight is 423 g/mol. The third kappa shape index (κ3) is 5.18. The van der Waals surface area contributed by atoms with E-state index in [0.717, 1.165) is 19.4 Å². The standard InChI is InChI=1S/C18H31ClN2O5S/c1-5-6-10-7-11(21(3)8-10)17(25)20-12(9(2)19)16-14(23)13(22)15(24)18(26-16)27-4/h7,9,11-16,18,22-24H,5-6,8H2,1-4H3,(H,20,25)/t9?,11-,12?,13+,14+,15?,16?,18+/m0/s1. The van der Waals surface area contributed by atoms with E-state index in [4.69, 9.17) is 16.3 Å². The number of alkyl halides is 1. The molecule has 1 saturated heterocycles. The molecule has 2 aliphatic rings. The SMILES string of the molecule is CCCC1=C[C@@H](C(=O)NC(C(C)Cl)C2O[C@H](SC)C(O)[C@H](O)[C@H]2O)N(C)C1. The molecular weight excluding hydrogens is 392 g/mol. The lowest BCUT2D eigenvalue weighted by molar-refractivity contribution is -0.205. The first-order valence-corrected chi connectivity index (χ1v) is 11.0. The molecule has 0 bridgehead atoms. The molecule has 0 spiro atoms. The molecule has 0 aliphatic carbocycles. The van der Waals surface area contributed by atoms with E-state index >= 15 is 0 Å². The second-order valence-electron chi connectivity index (χ2n) is 7.32. The van der Waals surface area contributed by atoms with Gasteiger partial charge in [0, 0.05) is 6.54 Å². The Morgan fingerprint density at radius 2 is 2.07 bits per heavy atom. The molecule has 2 rings (SSSR count). The van der Waals surface area contributed by atoms with Gasteiger partial charge in [-0.1, -0.05) is 25.0 Å². The topological polar surface area (TPSA) is 102 Å². The third-order valence-electron chi connectivity index (χ3n) is 5.16. The highest BCUT2D eigenvalue weighted by Gasteiger charge is 2.48. The summed E-state index contributed by atoms with van der Waals surface area (Å²) in [5, 5.41) is 32.9. The summed E-state index contributed by atoms with van der Waals surface area (Å²) in [5.74, 6) is -0.224. The van der Waals surface area contributed by atoms with Crippen molar-refractivity contribution in [1.29, 1.82) is 0 Å². The van der Waals surface area contributed by atoms with Crippen LogP contribution in [0.1, 0.15) is 26.7 Å². The summed E-state index contributed by atoms with van der Waals surface area (Å²) in [7, 11) is 1.89. The van der Waals surface area contributed by atoms with Gasteiger partial charge in [0.25, 0.3) is 0 Å². The lowest BCUT2D eigenvalue weighted by Gasteiger charge is -2.44. The van der Waals surface area contributed by atoms with Crippen LogP contribution in [-0.4, -0.2) is 93.3 Å². The van der Waals surface area contributed by atoms with Crippen molar-refractivity contribution in [1.82, 2.24) is 10.2 Å². The van der Waals surface area contributed by atoms with Crippen LogP contribution in [0.25, 0.3) is 0 Å². The summed E-state index contributed by atoms with van der Waals surface area (Å²) in [6.45, 7) is 4.54. The Bertz CT molecular complexity index is 548. The Kier molecular flexibility index (Phi) is 8.42. The number of thioether (sulfide) groups is 1. The van der Waals surface area contributed by atoms with Crippen molar-refractivity contribution < 1.29 is 24.9 Å². The number of hydrogen-bond acceptors (Lipinski definition) is 7. The Morgan fingerprint density at radius 3 is 2.63 bits per heavy atom. The van der Waals surface area contributed by atoms with Gasteiger partial charge < -0.3 is 25.4 Å². The lowest BCUT2D eigenvalue weighted by Crippen LogP contribution is -2.65. The number of rotatable bonds is 7. The largest absolute Gasteiger partial charge is 0.388 e. The molecule has 2 aliphatic heterocycles. The molecule has 1 fully saturated rings. The van der Waals surface area contributed by atoms with Gasteiger partial charge in [-0.05, 0) is 26.6 Å². The summed E-state index contributed by atoms with van der Waals surface area (Å²) < 4.78 is 5.78. The second kappa shape index (κ2) is 9.91. The molecule has 7 nitrogen and oxygen atoms in total. The second-order valence-corrected chi connectivity index (χ2v) is 8.95. The maximum Gasteiger partial charge on any atom is 0.241 e. The number of ether oxygens (including phenoxy) is 1. The Hall–Kier alpha value is -0.350. The monoisotopic (exact) mass is 422 g/mol. The molecule has 27 heavy (non-hydrogen) atoms. The Morgan fingerprint density at radius 1 is 1.41 bits per heavy atom. The summed E-state index contributed by atoms with van der Waals surface area (Å²) in [4.78, 5) is 14.8. The molecule has 9 heteroatoms. The molecule has 4 N–H and O–H groups in total. The minimum absolute atomic E-state index is 0.224. The number of amides is 1. The molecular formula is C18H31ClN2O5S. The maximum atomic E-state index is 12.9. The van der Waals surface area contributed by atoms with Gasteiger partial charge >= 0.3 is 0 Å². The first kappa shape index (κ1) is 22.9. The zero-order chi connectivity index (χ0) is 20.3. The molecule has 0 aromatic rings.